The van der Waals surface area contributed by atoms with E-state index in [9.17, 15) is 9.59 Å². The highest BCUT2D eigenvalue weighted by molar-refractivity contribution is 6.01. The second kappa shape index (κ2) is 3.93. The molecule has 15 heavy (non-hydrogen) atoms. The molecule has 0 aromatic carbocycles. The molecular formula is C11H18N2O2. The van der Waals surface area contributed by atoms with E-state index in [4.69, 9.17) is 0 Å². The van der Waals surface area contributed by atoms with Crippen LogP contribution in [0.5, 0.6) is 0 Å². The molecule has 2 fully saturated rings. The third-order valence-corrected chi connectivity index (χ3v) is 3.38. The predicted octanol–water partition coefficient (Wildman–Crippen LogP) is 0.525. The van der Waals surface area contributed by atoms with Crippen LogP contribution in [0.1, 0.15) is 32.6 Å². The highest BCUT2D eigenvalue weighted by atomic mass is 16.2. The molecule has 84 valence electrons. The minimum Gasteiger partial charge on any atom is -0.316 e. The van der Waals surface area contributed by atoms with E-state index in [2.05, 4.69) is 12.2 Å². The molecule has 4 nitrogen and oxygen atoms in total. The van der Waals surface area contributed by atoms with Gasteiger partial charge in [-0.15, -0.1) is 0 Å². The molecule has 0 saturated carbocycles. The zero-order valence-electron chi connectivity index (χ0n) is 9.21. The van der Waals surface area contributed by atoms with Gasteiger partial charge in [0.15, 0.2) is 0 Å². The van der Waals surface area contributed by atoms with Gasteiger partial charge >= 0.3 is 0 Å². The van der Waals surface area contributed by atoms with Gasteiger partial charge in [-0.3, -0.25) is 14.5 Å². The molecule has 0 aromatic heterocycles. The van der Waals surface area contributed by atoms with Crippen LogP contribution < -0.4 is 5.32 Å². The summed E-state index contributed by atoms with van der Waals surface area (Å²) in [6, 6.07) is 0. The molecule has 0 radical (unpaired) electrons. The average Bonchev–Trinajstić information content (AvgIpc) is 2.50. The van der Waals surface area contributed by atoms with E-state index in [-0.39, 0.29) is 17.2 Å². The summed E-state index contributed by atoms with van der Waals surface area (Å²) in [6.07, 6.45) is 3.04. The summed E-state index contributed by atoms with van der Waals surface area (Å²) in [5.41, 5.74) is 0.0773. The van der Waals surface area contributed by atoms with E-state index in [0.29, 0.717) is 19.4 Å². The molecule has 2 saturated heterocycles. The van der Waals surface area contributed by atoms with Gasteiger partial charge in [-0.2, -0.15) is 0 Å². The molecule has 2 aliphatic heterocycles. The smallest absolute Gasteiger partial charge is 0.229 e. The summed E-state index contributed by atoms with van der Waals surface area (Å²) in [7, 11) is 0. The maximum atomic E-state index is 11.5. The molecule has 0 spiro atoms. The van der Waals surface area contributed by atoms with Crippen LogP contribution in [0.15, 0.2) is 0 Å². The molecule has 2 amide bonds. The third-order valence-electron chi connectivity index (χ3n) is 3.38. The molecule has 0 bridgehead atoms. The summed E-state index contributed by atoms with van der Waals surface area (Å²) >= 11 is 0. The molecule has 1 unspecified atom stereocenters. The maximum absolute atomic E-state index is 11.5. The standard InChI is InChI=1S/C11H18N2O2/c1-11(5-2-6-12-7-11)8-13-9(14)3-4-10(13)15/h12H,2-8H2,1H3. The van der Waals surface area contributed by atoms with Crippen LogP contribution in [0.3, 0.4) is 0 Å². The Morgan fingerprint density at radius 3 is 2.53 bits per heavy atom. The molecule has 0 aromatic rings. The van der Waals surface area contributed by atoms with Crippen molar-refractivity contribution >= 4 is 11.8 Å². The van der Waals surface area contributed by atoms with Crippen molar-refractivity contribution in [2.75, 3.05) is 19.6 Å². The Kier molecular flexibility index (Phi) is 2.78. The van der Waals surface area contributed by atoms with E-state index in [0.717, 1.165) is 25.9 Å². The Morgan fingerprint density at radius 1 is 1.33 bits per heavy atom. The first-order chi connectivity index (χ1) is 7.11. The topological polar surface area (TPSA) is 49.4 Å². The lowest BCUT2D eigenvalue weighted by molar-refractivity contribution is -0.140. The first-order valence-corrected chi connectivity index (χ1v) is 5.65. The fourth-order valence-corrected chi connectivity index (χ4v) is 2.43. The second-order valence-corrected chi connectivity index (χ2v) is 4.96. The quantitative estimate of drug-likeness (QED) is 0.676. The number of likely N-dealkylation sites (tertiary alicyclic amines) is 1. The molecule has 4 heteroatoms. The van der Waals surface area contributed by atoms with Gasteiger partial charge in [0, 0.05) is 25.9 Å². The summed E-state index contributed by atoms with van der Waals surface area (Å²) < 4.78 is 0. The van der Waals surface area contributed by atoms with Crippen molar-refractivity contribution in [3.8, 4) is 0 Å². The molecule has 1 N–H and O–H groups in total. The number of imide groups is 1. The number of rotatable bonds is 2. The van der Waals surface area contributed by atoms with Crippen molar-refractivity contribution < 1.29 is 9.59 Å². The lowest BCUT2D eigenvalue weighted by Crippen LogP contribution is -2.47. The largest absolute Gasteiger partial charge is 0.316 e. The van der Waals surface area contributed by atoms with Crippen LogP contribution in [0.25, 0.3) is 0 Å². The number of carbonyl (C=O) groups is 2. The van der Waals surface area contributed by atoms with E-state index in [1.807, 2.05) is 0 Å². The van der Waals surface area contributed by atoms with Gasteiger partial charge < -0.3 is 5.32 Å². The van der Waals surface area contributed by atoms with Gasteiger partial charge in [-0.05, 0) is 24.8 Å². The number of piperidine rings is 1. The first kappa shape index (κ1) is 10.6. The van der Waals surface area contributed by atoms with Crippen LogP contribution in [0.4, 0.5) is 0 Å². The van der Waals surface area contributed by atoms with Crippen molar-refractivity contribution in [1.29, 1.82) is 0 Å². The van der Waals surface area contributed by atoms with Crippen molar-refractivity contribution in [3.05, 3.63) is 0 Å². The van der Waals surface area contributed by atoms with E-state index in [1.54, 1.807) is 0 Å². The lowest BCUT2D eigenvalue weighted by atomic mass is 9.82. The van der Waals surface area contributed by atoms with Crippen LogP contribution in [0, 0.1) is 5.41 Å². The van der Waals surface area contributed by atoms with Crippen molar-refractivity contribution in [3.63, 3.8) is 0 Å². The number of nitrogens with one attached hydrogen (secondary N) is 1. The summed E-state index contributed by atoms with van der Waals surface area (Å²) in [4.78, 5) is 24.4. The van der Waals surface area contributed by atoms with E-state index < -0.39 is 0 Å². The number of nitrogens with zero attached hydrogens (tertiary/aromatic N) is 1. The fraction of sp³-hybridized carbons (Fsp3) is 0.818. The van der Waals surface area contributed by atoms with Gasteiger partial charge in [0.1, 0.15) is 0 Å². The average molecular weight is 210 g/mol. The van der Waals surface area contributed by atoms with Gasteiger partial charge in [0.05, 0.1) is 0 Å². The van der Waals surface area contributed by atoms with Crippen LogP contribution in [-0.4, -0.2) is 36.3 Å². The third kappa shape index (κ3) is 2.20. The highest BCUT2D eigenvalue weighted by Gasteiger charge is 2.36. The zero-order chi connectivity index (χ0) is 10.9. The minimum atomic E-state index is 0.00629. The number of hydrogen-bond acceptors (Lipinski definition) is 3. The van der Waals surface area contributed by atoms with Crippen molar-refractivity contribution in [2.45, 2.75) is 32.6 Å². The van der Waals surface area contributed by atoms with Gasteiger partial charge in [0.25, 0.3) is 0 Å². The van der Waals surface area contributed by atoms with Gasteiger partial charge in [0.2, 0.25) is 11.8 Å². The Morgan fingerprint density at radius 2 is 2.00 bits per heavy atom. The molecule has 2 heterocycles. The zero-order valence-corrected chi connectivity index (χ0v) is 9.21. The highest BCUT2D eigenvalue weighted by Crippen LogP contribution is 2.28. The fourth-order valence-electron chi connectivity index (χ4n) is 2.43. The summed E-state index contributed by atoms with van der Waals surface area (Å²) in [5.74, 6) is 0.0126. The maximum Gasteiger partial charge on any atom is 0.229 e. The Bertz CT molecular complexity index is 266. The van der Waals surface area contributed by atoms with Gasteiger partial charge in [-0.25, -0.2) is 0 Å². The predicted molar refractivity (Wildman–Crippen MR) is 56.2 cm³/mol. The van der Waals surface area contributed by atoms with Crippen LogP contribution in [-0.2, 0) is 9.59 Å². The van der Waals surface area contributed by atoms with E-state index >= 15 is 0 Å². The van der Waals surface area contributed by atoms with E-state index in [1.165, 1.54) is 4.90 Å². The summed E-state index contributed by atoms with van der Waals surface area (Å²) in [5, 5.41) is 3.33. The SMILES string of the molecule is CC1(CN2C(=O)CCC2=O)CCCNC1. The normalized spacial score (nSPS) is 32.5. The first-order valence-electron chi connectivity index (χ1n) is 5.65. The van der Waals surface area contributed by atoms with Crippen LogP contribution in [0.2, 0.25) is 0 Å². The monoisotopic (exact) mass is 210 g/mol. The minimum absolute atomic E-state index is 0.00629. The van der Waals surface area contributed by atoms with Crippen LogP contribution >= 0.6 is 0 Å². The number of carbonyl (C=O) groups excluding carboxylic acids is 2. The van der Waals surface area contributed by atoms with Gasteiger partial charge in [-0.1, -0.05) is 6.92 Å². The van der Waals surface area contributed by atoms with Crippen molar-refractivity contribution in [2.24, 2.45) is 5.41 Å². The Balaban J connectivity index is 2.00. The summed E-state index contributed by atoms with van der Waals surface area (Å²) in [6.45, 7) is 4.71. The molecule has 2 aliphatic rings. The number of hydrogen-bond donors (Lipinski definition) is 1. The second-order valence-electron chi connectivity index (χ2n) is 4.96. The Hall–Kier alpha value is -0.900. The molecular weight excluding hydrogens is 192 g/mol. The number of amides is 2. The van der Waals surface area contributed by atoms with Crippen molar-refractivity contribution in [1.82, 2.24) is 10.2 Å². The lowest BCUT2D eigenvalue weighted by Gasteiger charge is -2.36. The molecule has 2 rings (SSSR count). The molecule has 1 atom stereocenters. The Labute approximate surface area is 90.0 Å². The molecule has 0 aliphatic carbocycles.